The Bertz CT molecular complexity index is 84.3. The Labute approximate surface area is 105 Å². The molecule has 0 amide bonds. The molecule has 2 N–H and O–H groups in total. The zero-order valence-electron chi connectivity index (χ0n) is 9.21. The van der Waals surface area contributed by atoms with E-state index in [2.05, 4.69) is 62.6 Å². The first-order chi connectivity index (χ1) is 5.77. The summed E-state index contributed by atoms with van der Waals surface area (Å²) in [5, 5.41) is 5.50. The Kier molecular flexibility index (Phi) is 22.4. The van der Waals surface area contributed by atoms with Crippen molar-refractivity contribution in [3.8, 4) is 0 Å². The molecule has 2 nitrogen and oxygen atoms in total. The van der Waals surface area contributed by atoms with Gasteiger partial charge in [0.05, 0.1) is 0 Å². The third-order valence-electron chi connectivity index (χ3n) is 0.655. The summed E-state index contributed by atoms with van der Waals surface area (Å²) in [7, 11) is 7.50. The summed E-state index contributed by atoms with van der Waals surface area (Å²) in [6.45, 7) is 4.41. The van der Waals surface area contributed by atoms with Crippen LogP contribution in [0.1, 0.15) is 13.8 Å². The molecule has 0 aliphatic carbocycles. The summed E-state index contributed by atoms with van der Waals surface area (Å²) in [5.41, 5.74) is 0. The summed E-state index contributed by atoms with van der Waals surface area (Å²) in [6, 6.07) is 0. The summed E-state index contributed by atoms with van der Waals surface area (Å²) < 4.78 is 0.759. The van der Waals surface area contributed by atoms with Crippen molar-refractivity contribution >= 4 is 49.8 Å². The van der Waals surface area contributed by atoms with E-state index in [9.17, 15) is 0 Å². The summed E-state index contributed by atoms with van der Waals surface area (Å²) in [5.74, 6) is 0. The van der Waals surface area contributed by atoms with Gasteiger partial charge in [-0.05, 0) is 28.2 Å². The van der Waals surface area contributed by atoms with Gasteiger partial charge in [-0.25, -0.2) is 0 Å². The van der Waals surface area contributed by atoms with E-state index in [1.807, 2.05) is 28.2 Å². The number of hydrogen-bond donors (Lipinski definition) is 2. The molecule has 0 spiro atoms. The average Bonchev–Trinajstić information content (AvgIpc) is 1.88. The molecule has 84 valence electrons. The first kappa shape index (κ1) is 20.6. The second-order valence-electron chi connectivity index (χ2n) is 2.70. The van der Waals surface area contributed by atoms with Crippen LogP contribution in [0, 0.1) is 0 Å². The monoisotopic (exact) mass is 490 g/mol. The molecule has 0 atom stereocenters. The fourth-order valence-electron chi connectivity index (χ4n) is 0. The van der Waals surface area contributed by atoms with Crippen molar-refractivity contribution in [2.45, 2.75) is 17.8 Å². The Morgan fingerprint density at radius 1 is 0.846 bits per heavy atom. The van der Waals surface area contributed by atoms with E-state index < -0.39 is 11.7 Å². The van der Waals surface area contributed by atoms with Crippen LogP contribution >= 0.6 is 38.1 Å². The van der Waals surface area contributed by atoms with E-state index >= 15 is 0 Å². The number of hydrogen-bond acceptors (Lipinski definition) is 2. The molecule has 0 aliphatic heterocycles. The number of halogens is 3. The van der Waals surface area contributed by atoms with E-state index in [1.54, 1.807) is 0 Å². The molecule has 0 aromatic heterocycles. The summed E-state index contributed by atoms with van der Waals surface area (Å²) >= 11 is 8.83. The molecule has 6 heteroatoms. The minimum atomic E-state index is -1.93. The zero-order chi connectivity index (χ0) is 11.5. The van der Waals surface area contributed by atoms with Crippen LogP contribution in [0.15, 0.2) is 0 Å². The zero-order valence-corrected chi connectivity index (χ0v) is 16.8. The Balaban J connectivity index is -0.000000140. The van der Waals surface area contributed by atoms with Crippen LogP contribution < -0.4 is 10.6 Å². The fraction of sp³-hybridized carbons (Fsp3) is 1.00. The van der Waals surface area contributed by atoms with E-state index in [-0.39, 0.29) is 0 Å². The van der Waals surface area contributed by atoms with Crippen molar-refractivity contribution in [2.75, 3.05) is 28.2 Å². The molecule has 0 saturated carbocycles. The van der Waals surface area contributed by atoms with Gasteiger partial charge < -0.3 is 10.6 Å². The van der Waals surface area contributed by atoms with Crippen LogP contribution in [0.5, 0.6) is 0 Å². The number of nitrogens with one attached hydrogen (secondary N) is 2. The van der Waals surface area contributed by atoms with Gasteiger partial charge in [-0.15, -0.1) is 0 Å². The normalized spacial score (nSPS) is 9.69. The Morgan fingerprint density at radius 3 is 0.923 bits per heavy atom. The average molecular weight is 492 g/mol. The van der Waals surface area contributed by atoms with Gasteiger partial charge in [-0.1, -0.05) is 0 Å². The van der Waals surface area contributed by atoms with Crippen LogP contribution in [-0.4, -0.2) is 39.9 Å². The predicted octanol–water partition coefficient (Wildman–Crippen LogP) is 3.19. The van der Waals surface area contributed by atoms with Crippen LogP contribution in [0.4, 0.5) is 0 Å². The van der Waals surface area contributed by atoms with Crippen LogP contribution in [-0.2, 0) is 0 Å². The molecule has 0 heterocycles. The van der Waals surface area contributed by atoms with E-state index in [4.69, 9.17) is 0 Å². The number of rotatable bonds is 1. The molecule has 0 aliphatic rings. The van der Waals surface area contributed by atoms with E-state index in [0.29, 0.717) is 0 Å². The molecule has 0 bridgehead atoms. The van der Waals surface area contributed by atoms with Gasteiger partial charge in [0, 0.05) is 0 Å². The van der Waals surface area contributed by atoms with Crippen molar-refractivity contribution < 1.29 is 0 Å². The van der Waals surface area contributed by atoms with Crippen molar-refractivity contribution in [2.24, 2.45) is 0 Å². The molecule has 0 aromatic carbocycles. The summed E-state index contributed by atoms with van der Waals surface area (Å²) in [4.78, 5) is 0. The van der Waals surface area contributed by atoms with Gasteiger partial charge in [-0.3, -0.25) is 0 Å². The topological polar surface area (TPSA) is 24.1 Å². The van der Waals surface area contributed by atoms with Gasteiger partial charge in [0.25, 0.3) is 0 Å². The van der Waals surface area contributed by atoms with Crippen molar-refractivity contribution in [3.63, 3.8) is 0 Å². The second kappa shape index (κ2) is 14.2. The molecule has 0 unspecified atom stereocenters. The Hall–Kier alpha value is 2.16. The fourth-order valence-corrected chi connectivity index (χ4v) is 0. The second-order valence-corrected chi connectivity index (χ2v) is 55.7. The van der Waals surface area contributed by atoms with Gasteiger partial charge in [0.15, 0.2) is 0 Å². The summed E-state index contributed by atoms with van der Waals surface area (Å²) in [6.07, 6.45) is 0. The van der Waals surface area contributed by atoms with Gasteiger partial charge in [0.2, 0.25) is 0 Å². The molecule has 0 saturated heterocycles. The maximum absolute atomic E-state index is 3.59. The van der Waals surface area contributed by atoms with Crippen LogP contribution in [0.25, 0.3) is 0 Å². The van der Waals surface area contributed by atoms with E-state index in [0.717, 1.165) is 3.93 Å². The molecular weight excluding hydrogens is 471 g/mol. The molecule has 0 rings (SSSR count). The third kappa shape index (κ3) is 31.4. The molecular formula is C7H21Br3N2Sn. The van der Waals surface area contributed by atoms with Gasteiger partial charge >= 0.3 is 67.6 Å². The Morgan fingerprint density at radius 2 is 0.923 bits per heavy atom. The van der Waals surface area contributed by atoms with Crippen molar-refractivity contribution in [1.82, 2.24) is 10.6 Å². The predicted molar refractivity (Wildman–Crippen MR) is 77.6 cm³/mol. The van der Waals surface area contributed by atoms with Crippen molar-refractivity contribution in [1.29, 1.82) is 0 Å². The molecule has 13 heavy (non-hydrogen) atoms. The van der Waals surface area contributed by atoms with Crippen LogP contribution in [0.3, 0.4) is 0 Å². The van der Waals surface area contributed by atoms with Gasteiger partial charge in [-0.2, -0.15) is 0 Å². The first-order valence-corrected chi connectivity index (χ1v) is 24.9. The molecule has 0 aromatic rings. The molecule has 0 fully saturated rings. The third-order valence-corrected chi connectivity index (χ3v) is 22.8. The van der Waals surface area contributed by atoms with Gasteiger partial charge in [0.1, 0.15) is 0 Å². The van der Waals surface area contributed by atoms with Crippen LogP contribution in [0.2, 0.25) is 3.93 Å². The minimum absolute atomic E-state index is 0.759. The maximum atomic E-state index is 3.59. The standard InChI is InChI=1S/C3H7.2C2H7N.3BrH.Sn/c3*1-3-2;;;;/h3*3H,1-2H3;3*1H;/q;;;;;;+3/p-3. The molecule has 0 radical (unpaired) electrons. The first-order valence-electron chi connectivity index (χ1n) is 4.01. The quantitative estimate of drug-likeness (QED) is 0.551. The van der Waals surface area contributed by atoms with Crippen molar-refractivity contribution in [3.05, 3.63) is 0 Å². The SMILES string of the molecule is CNC.CNC.C[CH](C)[Sn]([Br])([Br])[Br]. The van der Waals surface area contributed by atoms with E-state index in [1.165, 1.54) is 0 Å².